The van der Waals surface area contributed by atoms with Crippen molar-refractivity contribution < 1.29 is 0 Å². The predicted molar refractivity (Wildman–Crippen MR) is 76.6 cm³/mol. The molecule has 1 aromatic rings. The molecule has 2 heterocycles. The Labute approximate surface area is 116 Å². The largest absolute Gasteiger partial charge is 0.316 e. The molecular formula is C11H18BrClN2S. The van der Waals surface area contributed by atoms with Gasteiger partial charge in [-0.15, -0.1) is 23.7 Å². The Hall–Kier alpha value is 0.390. The molecule has 1 aliphatic heterocycles. The molecule has 2 nitrogen and oxygen atoms in total. The summed E-state index contributed by atoms with van der Waals surface area (Å²) in [6.07, 6.45) is 2.64. The van der Waals surface area contributed by atoms with Crippen LogP contribution in [0.3, 0.4) is 0 Å². The maximum atomic E-state index is 3.51. The van der Waals surface area contributed by atoms with E-state index in [0.717, 1.165) is 6.54 Å². The lowest BCUT2D eigenvalue weighted by atomic mass is 10.1. The van der Waals surface area contributed by atoms with Crippen molar-refractivity contribution in [3.05, 3.63) is 20.8 Å². The SMILES string of the molecule is CNC1CCCN(Cc2ccc(Br)s2)C1.Cl. The van der Waals surface area contributed by atoms with Gasteiger partial charge in [0.25, 0.3) is 0 Å². The quantitative estimate of drug-likeness (QED) is 0.918. The van der Waals surface area contributed by atoms with E-state index in [0.29, 0.717) is 6.04 Å². The van der Waals surface area contributed by atoms with E-state index in [-0.39, 0.29) is 12.4 Å². The van der Waals surface area contributed by atoms with Crippen LogP contribution in [0.25, 0.3) is 0 Å². The topological polar surface area (TPSA) is 15.3 Å². The van der Waals surface area contributed by atoms with Gasteiger partial charge in [0.1, 0.15) is 0 Å². The minimum absolute atomic E-state index is 0. The van der Waals surface area contributed by atoms with Crippen LogP contribution in [0.4, 0.5) is 0 Å². The van der Waals surface area contributed by atoms with Gasteiger partial charge in [0.15, 0.2) is 0 Å². The molecule has 1 unspecified atom stereocenters. The molecule has 0 amide bonds. The third-order valence-electron chi connectivity index (χ3n) is 2.92. The lowest BCUT2D eigenvalue weighted by Gasteiger charge is -2.32. The Bertz CT molecular complexity index is 319. The van der Waals surface area contributed by atoms with Gasteiger partial charge < -0.3 is 5.32 Å². The van der Waals surface area contributed by atoms with Crippen LogP contribution in [0.15, 0.2) is 15.9 Å². The number of piperidine rings is 1. The average molecular weight is 326 g/mol. The number of hydrogen-bond donors (Lipinski definition) is 1. The van der Waals surface area contributed by atoms with Crippen molar-refractivity contribution in [1.82, 2.24) is 10.2 Å². The van der Waals surface area contributed by atoms with Crippen molar-refractivity contribution in [3.63, 3.8) is 0 Å². The molecule has 5 heteroatoms. The summed E-state index contributed by atoms with van der Waals surface area (Å²) < 4.78 is 1.24. The Morgan fingerprint density at radius 2 is 2.38 bits per heavy atom. The van der Waals surface area contributed by atoms with E-state index in [2.05, 4.69) is 45.3 Å². The minimum atomic E-state index is 0. The lowest BCUT2D eigenvalue weighted by molar-refractivity contribution is 0.189. The summed E-state index contributed by atoms with van der Waals surface area (Å²) in [4.78, 5) is 4.00. The molecule has 0 aromatic carbocycles. The number of nitrogens with one attached hydrogen (secondary N) is 1. The summed E-state index contributed by atoms with van der Waals surface area (Å²) >= 11 is 5.35. The highest BCUT2D eigenvalue weighted by Gasteiger charge is 2.18. The number of hydrogen-bond acceptors (Lipinski definition) is 3. The standard InChI is InChI=1S/C11H17BrN2S.ClH/c1-13-9-3-2-6-14(7-9)8-10-4-5-11(12)15-10;/h4-5,9,13H,2-3,6-8H2,1H3;1H. The predicted octanol–water partition coefficient (Wildman–Crippen LogP) is 3.12. The van der Waals surface area contributed by atoms with Gasteiger partial charge in [0, 0.05) is 24.0 Å². The van der Waals surface area contributed by atoms with Gasteiger partial charge in [0.2, 0.25) is 0 Å². The van der Waals surface area contributed by atoms with Crippen LogP contribution >= 0.6 is 39.7 Å². The summed E-state index contributed by atoms with van der Waals surface area (Å²) in [7, 11) is 2.07. The molecule has 1 saturated heterocycles. The van der Waals surface area contributed by atoms with Crippen LogP contribution in [0, 0.1) is 0 Å². The molecule has 1 N–H and O–H groups in total. The second-order valence-electron chi connectivity index (χ2n) is 4.07. The molecule has 0 aliphatic carbocycles. The van der Waals surface area contributed by atoms with Crippen molar-refractivity contribution in [2.24, 2.45) is 0 Å². The molecule has 1 aliphatic rings. The van der Waals surface area contributed by atoms with Crippen molar-refractivity contribution in [1.29, 1.82) is 0 Å². The zero-order valence-electron chi connectivity index (χ0n) is 9.41. The molecule has 16 heavy (non-hydrogen) atoms. The normalized spacial score (nSPS) is 21.8. The molecule has 1 aromatic heterocycles. The highest BCUT2D eigenvalue weighted by Crippen LogP contribution is 2.24. The van der Waals surface area contributed by atoms with E-state index in [9.17, 15) is 0 Å². The van der Waals surface area contributed by atoms with Crippen molar-refractivity contribution in [3.8, 4) is 0 Å². The first-order valence-corrected chi connectivity index (χ1v) is 7.02. The molecule has 2 rings (SSSR count). The zero-order chi connectivity index (χ0) is 10.7. The van der Waals surface area contributed by atoms with Gasteiger partial charge >= 0.3 is 0 Å². The summed E-state index contributed by atoms with van der Waals surface area (Å²) in [6, 6.07) is 5.04. The monoisotopic (exact) mass is 324 g/mol. The molecular weight excluding hydrogens is 308 g/mol. The average Bonchev–Trinajstić information content (AvgIpc) is 2.64. The van der Waals surface area contributed by atoms with E-state index < -0.39 is 0 Å². The summed E-state index contributed by atoms with van der Waals surface area (Å²) in [5.41, 5.74) is 0. The van der Waals surface area contributed by atoms with Gasteiger partial charge in [-0.1, -0.05) is 0 Å². The maximum absolute atomic E-state index is 3.51. The second-order valence-corrected chi connectivity index (χ2v) is 6.62. The van der Waals surface area contributed by atoms with Gasteiger partial charge in [-0.3, -0.25) is 4.90 Å². The van der Waals surface area contributed by atoms with Gasteiger partial charge in [0.05, 0.1) is 3.79 Å². The van der Waals surface area contributed by atoms with Crippen LogP contribution in [0.5, 0.6) is 0 Å². The van der Waals surface area contributed by atoms with Crippen LogP contribution in [-0.4, -0.2) is 31.1 Å². The molecule has 1 atom stereocenters. The van der Waals surface area contributed by atoms with Crippen LogP contribution in [0.2, 0.25) is 0 Å². The highest BCUT2D eigenvalue weighted by atomic mass is 79.9. The smallest absolute Gasteiger partial charge is 0.0701 e. The number of thiophene rings is 1. The van der Waals surface area contributed by atoms with Crippen LogP contribution in [-0.2, 0) is 6.54 Å². The zero-order valence-corrected chi connectivity index (χ0v) is 12.6. The van der Waals surface area contributed by atoms with Gasteiger partial charge in [-0.2, -0.15) is 0 Å². The van der Waals surface area contributed by atoms with E-state index in [1.165, 1.54) is 34.6 Å². The summed E-state index contributed by atoms with van der Waals surface area (Å²) in [5, 5.41) is 3.38. The molecule has 0 radical (unpaired) electrons. The van der Waals surface area contributed by atoms with Crippen molar-refractivity contribution in [2.45, 2.75) is 25.4 Å². The third kappa shape index (κ3) is 4.00. The Morgan fingerprint density at radius 1 is 1.56 bits per heavy atom. The number of likely N-dealkylation sites (tertiary alicyclic amines) is 1. The third-order valence-corrected chi connectivity index (χ3v) is 4.53. The number of nitrogens with zero attached hydrogens (tertiary/aromatic N) is 1. The molecule has 1 fully saturated rings. The number of rotatable bonds is 3. The first-order chi connectivity index (χ1) is 7.28. The fourth-order valence-electron chi connectivity index (χ4n) is 2.09. The van der Waals surface area contributed by atoms with Gasteiger partial charge in [-0.25, -0.2) is 0 Å². The van der Waals surface area contributed by atoms with Crippen LogP contribution < -0.4 is 5.32 Å². The van der Waals surface area contributed by atoms with Crippen molar-refractivity contribution in [2.75, 3.05) is 20.1 Å². The number of halogens is 2. The molecule has 92 valence electrons. The van der Waals surface area contributed by atoms with Gasteiger partial charge in [-0.05, 0) is 54.5 Å². The lowest BCUT2D eigenvalue weighted by Crippen LogP contribution is -2.43. The molecule has 0 saturated carbocycles. The highest BCUT2D eigenvalue weighted by molar-refractivity contribution is 9.11. The Morgan fingerprint density at radius 3 is 3.00 bits per heavy atom. The fraction of sp³-hybridized carbons (Fsp3) is 0.636. The maximum Gasteiger partial charge on any atom is 0.0701 e. The summed E-state index contributed by atoms with van der Waals surface area (Å²) in [5.74, 6) is 0. The van der Waals surface area contributed by atoms with E-state index in [4.69, 9.17) is 0 Å². The first-order valence-electron chi connectivity index (χ1n) is 5.42. The fourth-order valence-corrected chi connectivity index (χ4v) is 3.62. The molecule has 0 bridgehead atoms. The minimum Gasteiger partial charge on any atom is -0.316 e. The van der Waals surface area contributed by atoms with Crippen LogP contribution in [0.1, 0.15) is 17.7 Å². The Kier molecular flexibility index (Phi) is 6.29. The van der Waals surface area contributed by atoms with E-state index >= 15 is 0 Å². The number of likely N-dealkylation sites (N-methyl/N-ethyl adjacent to an activating group) is 1. The Balaban J connectivity index is 0.00000128. The molecule has 0 spiro atoms. The van der Waals surface area contributed by atoms with E-state index in [1.807, 2.05) is 11.3 Å². The van der Waals surface area contributed by atoms with E-state index in [1.54, 1.807) is 0 Å². The second kappa shape index (κ2) is 6.97. The summed E-state index contributed by atoms with van der Waals surface area (Å²) in [6.45, 7) is 3.54. The first kappa shape index (κ1) is 14.5. The van der Waals surface area contributed by atoms with Crippen molar-refractivity contribution >= 4 is 39.7 Å².